The van der Waals surface area contributed by atoms with E-state index in [1.54, 1.807) is 6.92 Å². The second-order valence-electron chi connectivity index (χ2n) is 6.58. The van der Waals surface area contributed by atoms with Gasteiger partial charge in [-0.15, -0.1) is 0 Å². The Hall–Kier alpha value is -0.170. The predicted molar refractivity (Wildman–Crippen MR) is 84.8 cm³/mol. The first-order chi connectivity index (χ1) is 9.91. The number of ether oxygens (including phenoxy) is 1. The minimum atomic E-state index is -3.26. The van der Waals surface area contributed by atoms with Gasteiger partial charge in [0.2, 0.25) is 10.0 Å². The van der Waals surface area contributed by atoms with Crippen molar-refractivity contribution >= 4 is 10.0 Å². The summed E-state index contributed by atoms with van der Waals surface area (Å²) in [6, 6.07) is 0.547. The molecule has 1 saturated carbocycles. The Morgan fingerprint density at radius 2 is 1.86 bits per heavy atom. The summed E-state index contributed by atoms with van der Waals surface area (Å²) in [7, 11) is -3.26. The van der Waals surface area contributed by atoms with Gasteiger partial charge in [-0.25, -0.2) is 13.1 Å². The highest BCUT2D eigenvalue weighted by Crippen LogP contribution is 2.31. The van der Waals surface area contributed by atoms with Crippen LogP contribution < -0.4 is 10.0 Å². The molecule has 0 aromatic heterocycles. The molecule has 0 spiro atoms. The summed E-state index contributed by atoms with van der Waals surface area (Å²) in [5.41, 5.74) is -0.152. The molecule has 2 N–H and O–H groups in total. The van der Waals surface area contributed by atoms with Gasteiger partial charge in [-0.3, -0.25) is 0 Å². The first-order valence-electron chi connectivity index (χ1n) is 8.29. The summed E-state index contributed by atoms with van der Waals surface area (Å²) >= 11 is 0. The molecule has 124 valence electrons. The normalized spacial score (nSPS) is 27.5. The molecule has 2 rings (SSSR count). The number of hydrogen-bond donors (Lipinski definition) is 2. The van der Waals surface area contributed by atoms with Gasteiger partial charge >= 0.3 is 0 Å². The van der Waals surface area contributed by atoms with Gasteiger partial charge in [-0.1, -0.05) is 13.8 Å². The van der Waals surface area contributed by atoms with Gasteiger partial charge in [-0.2, -0.15) is 0 Å². The van der Waals surface area contributed by atoms with E-state index in [9.17, 15) is 8.42 Å². The molecule has 5 nitrogen and oxygen atoms in total. The lowest BCUT2D eigenvalue weighted by molar-refractivity contribution is -0.0905. The Morgan fingerprint density at radius 1 is 1.19 bits per heavy atom. The molecular formula is C15H30N2O3S. The fourth-order valence-electron chi connectivity index (χ4n) is 2.95. The van der Waals surface area contributed by atoms with Crippen LogP contribution in [-0.2, 0) is 14.8 Å². The predicted octanol–water partition coefficient (Wildman–Crippen LogP) is 1.78. The first kappa shape index (κ1) is 17.2. The van der Waals surface area contributed by atoms with Crippen molar-refractivity contribution in [2.45, 2.75) is 82.2 Å². The first-order valence-corrected chi connectivity index (χ1v) is 9.84. The SMILES string of the molecule is CCC1(CC)CC(NS(=O)(=O)C(C)CNC2CC2)CCO1. The fourth-order valence-corrected chi connectivity index (χ4v) is 4.16. The Morgan fingerprint density at radius 3 is 2.43 bits per heavy atom. The van der Waals surface area contributed by atoms with Crippen LogP contribution in [0.5, 0.6) is 0 Å². The van der Waals surface area contributed by atoms with Crippen molar-refractivity contribution in [1.82, 2.24) is 10.0 Å². The molecule has 2 unspecified atom stereocenters. The van der Waals surface area contributed by atoms with Crippen LogP contribution in [0.1, 0.15) is 59.3 Å². The third kappa shape index (κ3) is 4.65. The molecule has 1 aliphatic carbocycles. The van der Waals surface area contributed by atoms with E-state index in [2.05, 4.69) is 23.9 Å². The van der Waals surface area contributed by atoms with E-state index in [-0.39, 0.29) is 11.6 Å². The monoisotopic (exact) mass is 318 g/mol. The number of hydrogen-bond acceptors (Lipinski definition) is 4. The van der Waals surface area contributed by atoms with Crippen LogP contribution >= 0.6 is 0 Å². The van der Waals surface area contributed by atoms with E-state index in [1.165, 1.54) is 12.8 Å². The molecule has 21 heavy (non-hydrogen) atoms. The van der Waals surface area contributed by atoms with Gasteiger partial charge in [0, 0.05) is 25.2 Å². The molecule has 0 amide bonds. The zero-order valence-corrected chi connectivity index (χ0v) is 14.3. The van der Waals surface area contributed by atoms with Gasteiger partial charge in [-0.05, 0) is 45.4 Å². The standard InChI is InChI=1S/C15H30N2O3S/c1-4-15(5-2)10-14(8-9-20-15)17-21(18,19)12(3)11-16-13-6-7-13/h12-14,16-17H,4-11H2,1-3H3. The Balaban J connectivity index is 1.88. The van der Waals surface area contributed by atoms with Crippen molar-refractivity contribution in [3.63, 3.8) is 0 Å². The van der Waals surface area contributed by atoms with Crippen LogP contribution in [0.4, 0.5) is 0 Å². The lowest BCUT2D eigenvalue weighted by Crippen LogP contribution is -2.50. The molecule has 0 radical (unpaired) electrons. The molecule has 1 aliphatic heterocycles. The maximum absolute atomic E-state index is 12.4. The maximum atomic E-state index is 12.4. The van der Waals surface area contributed by atoms with Gasteiger partial charge in [0.25, 0.3) is 0 Å². The minimum absolute atomic E-state index is 0.00650. The topological polar surface area (TPSA) is 67.4 Å². The van der Waals surface area contributed by atoms with E-state index < -0.39 is 15.3 Å². The van der Waals surface area contributed by atoms with Crippen molar-refractivity contribution in [2.24, 2.45) is 0 Å². The van der Waals surface area contributed by atoms with Gasteiger partial charge in [0.15, 0.2) is 0 Å². The van der Waals surface area contributed by atoms with Gasteiger partial charge in [0.05, 0.1) is 10.9 Å². The largest absolute Gasteiger partial charge is 0.375 e. The highest BCUT2D eigenvalue weighted by atomic mass is 32.2. The van der Waals surface area contributed by atoms with Gasteiger partial charge < -0.3 is 10.1 Å². The summed E-state index contributed by atoms with van der Waals surface area (Å²) < 4.78 is 33.7. The smallest absolute Gasteiger partial charge is 0.215 e. The van der Waals surface area contributed by atoms with Crippen molar-refractivity contribution in [3.8, 4) is 0 Å². The number of nitrogens with one attached hydrogen (secondary N) is 2. The molecular weight excluding hydrogens is 288 g/mol. The average Bonchev–Trinajstić information content (AvgIpc) is 3.28. The Kier molecular flexibility index (Phi) is 5.68. The molecule has 0 bridgehead atoms. The van der Waals surface area contributed by atoms with E-state index in [1.807, 2.05) is 0 Å². The lowest BCUT2D eigenvalue weighted by atomic mass is 9.86. The summed E-state index contributed by atoms with van der Waals surface area (Å²) in [4.78, 5) is 0. The average molecular weight is 318 g/mol. The van der Waals surface area contributed by atoms with Crippen LogP contribution in [0.3, 0.4) is 0 Å². The van der Waals surface area contributed by atoms with E-state index in [0.717, 1.165) is 25.7 Å². The molecule has 6 heteroatoms. The molecule has 1 saturated heterocycles. The molecule has 1 heterocycles. The van der Waals surface area contributed by atoms with Crippen molar-refractivity contribution in [1.29, 1.82) is 0 Å². The third-order valence-electron chi connectivity index (χ3n) is 4.91. The van der Waals surface area contributed by atoms with Crippen LogP contribution in [0.15, 0.2) is 0 Å². The minimum Gasteiger partial charge on any atom is -0.375 e. The fraction of sp³-hybridized carbons (Fsp3) is 1.00. The zero-order chi connectivity index (χ0) is 15.5. The summed E-state index contributed by atoms with van der Waals surface area (Å²) in [5.74, 6) is 0. The van der Waals surface area contributed by atoms with Crippen LogP contribution in [0.2, 0.25) is 0 Å². The van der Waals surface area contributed by atoms with E-state index in [0.29, 0.717) is 19.2 Å². The van der Waals surface area contributed by atoms with Crippen molar-refractivity contribution in [3.05, 3.63) is 0 Å². The Labute approximate surface area is 129 Å². The molecule has 2 atom stereocenters. The third-order valence-corrected chi connectivity index (χ3v) is 6.80. The van der Waals surface area contributed by atoms with Gasteiger partial charge in [0.1, 0.15) is 0 Å². The molecule has 2 fully saturated rings. The highest BCUT2D eigenvalue weighted by Gasteiger charge is 2.37. The van der Waals surface area contributed by atoms with Crippen molar-refractivity contribution in [2.75, 3.05) is 13.2 Å². The van der Waals surface area contributed by atoms with E-state index >= 15 is 0 Å². The van der Waals surface area contributed by atoms with Crippen molar-refractivity contribution < 1.29 is 13.2 Å². The van der Waals surface area contributed by atoms with Crippen LogP contribution in [-0.4, -0.2) is 44.5 Å². The second-order valence-corrected chi connectivity index (χ2v) is 8.71. The zero-order valence-electron chi connectivity index (χ0n) is 13.5. The van der Waals surface area contributed by atoms with E-state index in [4.69, 9.17) is 4.74 Å². The maximum Gasteiger partial charge on any atom is 0.215 e. The molecule has 0 aromatic carbocycles. The molecule has 0 aromatic rings. The number of rotatable bonds is 8. The quantitative estimate of drug-likeness (QED) is 0.716. The highest BCUT2D eigenvalue weighted by molar-refractivity contribution is 7.90. The summed E-state index contributed by atoms with van der Waals surface area (Å²) in [6.45, 7) is 7.19. The van der Waals surface area contributed by atoms with Crippen LogP contribution in [0.25, 0.3) is 0 Å². The molecule has 2 aliphatic rings. The number of sulfonamides is 1. The summed E-state index contributed by atoms with van der Waals surface area (Å²) in [6.07, 6.45) is 5.76. The second kappa shape index (κ2) is 6.94. The van der Waals surface area contributed by atoms with Crippen LogP contribution in [0, 0.1) is 0 Å². The lowest BCUT2D eigenvalue weighted by Gasteiger charge is -2.40. The summed E-state index contributed by atoms with van der Waals surface area (Å²) in [5, 5.41) is 2.90. The Bertz CT molecular complexity index is 430.